The first-order chi connectivity index (χ1) is 13.7. The van der Waals surface area contributed by atoms with Gasteiger partial charge >= 0.3 is 0 Å². The molecule has 4 nitrogen and oxygen atoms in total. The molecule has 0 bridgehead atoms. The van der Waals surface area contributed by atoms with Crippen LogP contribution in [0, 0.1) is 0 Å². The van der Waals surface area contributed by atoms with Crippen molar-refractivity contribution in [3.05, 3.63) is 94.1 Å². The average molecular weight is 393 g/mol. The summed E-state index contributed by atoms with van der Waals surface area (Å²) in [5.74, 6) is 1.28. The second-order valence-corrected chi connectivity index (χ2v) is 6.54. The second kappa shape index (κ2) is 8.19. The zero-order valence-corrected chi connectivity index (χ0v) is 15.7. The van der Waals surface area contributed by atoms with Crippen LogP contribution in [0.2, 0.25) is 5.02 Å². The lowest BCUT2D eigenvalue weighted by molar-refractivity contribution is 0.214. The number of halogens is 1. The van der Waals surface area contributed by atoms with Crippen LogP contribution in [0.3, 0.4) is 0 Å². The van der Waals surface area contributed by atoms with E-state index in [0.717, 1.165) is 11.3 Å². The largest absolute Gasteiger partial charge is 0.490 e. The fourth-order valence-corrected chi connectivity index (χ4v) is 3.05. The Morgan fingerprint density at radius 1 is 0.821 bits per heavy atom. The summed E-state index contributed by atoms with van der Waals surface area (Å²) in [6.07, 6.45) is 0. The van der Waals surface area contributed by atoms with E-state index in [1.54, 1.807) is 18.2 Å². The number of ether oxygens (including phenoxy) is 2. The van der Waals surface area contributed by atoms with Crippen LogP contribution in [-0.2, 0) is 0 Å². The van der Waals surface area contributed by atoms with Crippen LogP contribution in [0.15, 0.2) is 88.1 Å². The molecule has 0 amide bonds. The molecule has 0 aliphatic rings. The van der Waals surface area contributed by atoms with Gasteiger partial charge in [0, 0.05) is 10.6 Å². The van der Waals surface area contributed by atoms with Crippen molar-refractivity contribution in [2.45, 2.75) is 0 Å². The van der Waals surface area contributed by atoms with Crippen molar-refractivity contribution in [1.82, 2.24) is 0 Å². The van der Waals surface area contributed by atoms with Gasteiger partial charge in [0.15, 0.2) is 5.76 Å². The highest BCUT2D eigenvalue weighted by atomic mass is 35.5. The van der Waals surface area contributed by atoms with Gasteiger partial charge in [0.1, 0.15) is 24.5 Å². The summed E-state index contributed by atoms with van der Waals surface area (Å²) in [4.78, 5) is 13.1. The molecule has 0 aliphatic heterocycles. The third kappa shape index (κ3) is 3.87. The lowest BCUT2D eigenvalue weighted by Gasteiger charge is -2.12. The van der Waals surface area contributed by atoms with E-state index in [4.69, 9.17) is 25.5 Å². The minimum Gasteiger partial charge on any atom is -0.490 e. The summed E-state index contributed by atoms with van der Waals surface area (Å²) < 4.78 is 17.5. The standard InChI is InChI=1S/C23H17ClO4/c24-17-11-12-20-19(15-17)21(25)23(22(28-20)16-7-3-1-4-8-16)27-14-13-26-18-9-5-2-6-10-18/h1-12,15H,13-14H2. The molecule has 4 rings (SSSR count). The molecule has 0 saturated carbocycles. The van der Waals surface area contributed by atoms with E-state index < -0.39 is 0 Å². The number of hydrogen-bond donors (Lipinski definition) is 0. The van der Waals surface area contributed by atoms with Gasteiger partial charge in [-0.2, -0.15) is 0 Å². The minimum atomic E-state index is -0.262. The second-order valence-electron chi connectivity index (χ2n) is 6.11. The highest BCUT2D eigenvalue weighted by Crippen LogP contribution is 2.31. The van der Waals surface area contributed by atoms with E-state index in [2.05, 4.69) is 0 Å². The SMILES string of the molecule is O=c1c(OCCOc2ccccc2)c(-c2ccccc2)oc2ccc(Cl)cc12. The van der Waals surface area contributed by atoms with E-state index in [0.29, 0.717) is 28.4 Å². The van der Waals surface area contributed by atoms with Gasteiger partial charge in [0.2, 0.25) is 11.2 Å². The summed E-state index contributed by atoms with van der Waals surface area (Å²) in [6.45, 7) is 0.497. The fraction of sp³-hybridized carbons (Fsp3) is 0.0870. The number of fused-ring (bicyclic) bond motifs is 1. The molecule has 0 aliphatic carbocycles. The Hall–Kier alpha value is -3.24. The molecule has 28 heavy (non-hydrogen) atoms. The number of rotatable bonds is 6. The van der Waals surface area contributed by atoms with E-state index in [1.807, 2.05) is 60.7 Å². The zero-order valence-electron chi connectivity index (χ0n) is 14.9. The maximum atomic E-state index is 13.1. The molecule has 0 fully saturated rings. The van der Waals surface area contributed by atoms with Gasteiger partial charge in [-0.15, -0.1) is 0 Å². The Morgan fingerprint density at radius 2 is 1.50 bits per heavy atom. The van der Waals surface area contributed by atoms with Crippen LogP contribution >= 0.6 is 11.6 Å². The van der Waals surface area contributed by atoms with E-state index >= 15 is 0 Å². The Bertz CT molecular complexity index is 1140. The van der Waals surface area contributed by atoms with Crippen LogP contribution in [0.25, 0.3) is 22.3 Å². The molecule has 3 aromatic carbocycles. The maximum absolute atomic E-state index is 13.1. The lowest BCUT2D eigenvalue weighted by atomic mass is 10.1. The molecule has 0 atom stereocenters. The van der Waals surface area contributed by atoms with E-state index in [9.17, 15) is 4.79 Å². The predicted octanol–water partition coefficient (Wildman–Crippen LogP) is 5.57. The van der Waals surface area contributed by atoms with Gasteiger partial charge in [-0.25, -0.2) is 0 Å². The normalized spacial score (nSPS) is 10.8. The van der Waals surface area contributed by atoms with Crippen molar-refractivity contribution in [1.29, 1.82) is 0 Å². The molecule has 1 heterocycles. The van der Waals surface area contributed by atoms with Gasteiger partial charge in [-0.05, 0) is 30.3 Å². The average Bonchev–Trinajstić information content (AvgIpc) is 2.74. The first-order valence-electron chi connectivity index (χ1n) is 8.85. The first kappa shape index (κ1) is 18.1. The summed E-state index contributed by atoms with van der Waals surface area (Å²) >= 11 is 6.05. The summed E-state index contributed by atoms with van der Waals surface area (Å²) in [6, 6.07) is 23.8. The zero-order chi connectivity index (χ0) is 19.3. The highest BCUT2D eigenvalue weighted by molar-refractivity contribution is 6.31. The van der Waals surface area contributed by atoms with Crippen LogP contribution < -0.4 is 14.9 Å². The van der Waals surface area contributed by atoms with E-state index in [1.165, 1.54) is 0 Å². The predicted molar refractivity (Wildman–Crippen MR) is 110 cm³/mol. The topological polar surface area (TPSA) is 48.7 Å². The molecule has 1 aromatic heterocycles. The van der Waals surface area contributed by atoms with Gasteiger partial charge in [-0.1, -0.05) is 60.1 Å². The van der Waals surface area contributed by atoms with Crippen molar-refractivity contribution < 1.29 is 13.9 Å². The molecule has 0 saturated heterocycles. The Kier molecular flexibility index (Phi) is 5.31. The van der Waals surface area contributed by atoms with Crippen LogP contribution in [0.1, 0.15) is 0 Å². The van der Waals surface area contributed by atoms with Crippen molar-refractivity contribution in [2.24, 2.45) is 0 Å². The molecule has 140 valence electrons. The smallest absolute Gasteiger partial charge is 0.235 e. The molecule has 0 unspecified atom stereocenters. The van der Waals surface area contributed by atoms with Gasteiger partial charge in [-0.3, -0.25) is 4.79 Å². The van der Waals surface area contributed by atoms with Crippen molar-refractivity contribution in [2.75, 3.05) is 13.2 Å². The van der Waals surface area contributed by atoms with E-state index in [-0.39, 0.29) is 17.8 Å². The highest BCUT2D eigenvalue weighted by Gasteiger charge is 2.18. The molecule has 4 aromatic rings. The number of hydrogen-bond acceptors (Lipinski definition) is 4. The molecule has 5 heteroatoms. The molecule has 0 N–H and O–H groups in total. The third-order valence-electron chi connectivity index (χ3n) is 4.19. The molecule has 0 spiro atoms. The third-order valence-corrected chi connectivity index (χ3v) is 4.42. The maximum Gasteiger partial charge on any atom is 0.235 e. The monoisotopic (exact) mass is 392 g/mol. The molecular weight excluding hydrogens is 376 g/mol. The summed E-state index contributed by atoms with van der Waals surface area (Å²) in [7, 11) is 0. The van der Waals surface area contributed by atoms with Crippen molar-refractivity contribution in [3.63, 3.8) is 0 Å². The first-order valence-corrected chi connectivity index (χ1v) is 9.22. The Morgan fingerprint density at radius 3 is 2.25 bits per heavy atom. The number of benzene rings is 3. The van der Waals surface area contributed by atoms with Gasteiger partial charge < -0.3 is 13.9 Å². The summed E-state index contributed by atoms with van der Waals surface area (Å²) in [5.41, 5.74) is 0.957. The fourth-order valence-electron chi connectivity index (χ4n) is 2.88. The van der Waals surface area contributed by atoms with Crippen LogP contribution in [0.5, 0.6) is 11.5 Å². The van der Waals surface area contributed by atoms with Crippen LogP contribution in [-0.4, -0.2) is 13.2 Å². The minimum absolute atomic E-state index is 0.151. The Labute approximate surface area is 166 Å². The van der Waals surface area contributed by atoms with Crippen molar-refractivity contribution in [3.8, 4) is 22.8 Å². The number of para-hydroxylation sites is 1. The van der Waals surface area contributed by atoms with Gasteiger partial charge in [0.25, 0.3) is 0 Å². The Balaban J connectivity index is 1.66. The van der Waals surface area contributed by atoms with Gasteiger partial charge in [0.05, 0.1) is 5.39 Å². The summed E-state index contributed by atoms with van der Waals surface area (Å²) in [5, 5.41) is 0.844. The van der Waals surface area contributed by atoms with Crippen LogP contribution in [0.4, 0.5) is 0 Å². The van der Waals surface area contributed by atoms with Crippen molar-refractivity contribution >= 4 is 22.6 Å². The quantitative estimate of drug-likeness (QED) is 0.402. The lowest BCUT2D eigenvalue weighted by Crippen LogP contribution is -2.15. The molecular formula is C23H17ClO4. The molecule has 0 radical (unpaired) electrons.